The van der Waals surface area contributed by atoms with Gasteiger partial charge >= 0.3 is 0 Å². The molecule has 1 aliphatic heterocycles. The minimum absolute atomic E-state index is 0.173. The Morgan fingerprint density at radius 3 is 3.08 bits per heavy atom. The number of pyridine rings is 1. The normalized spacial score (nSPS) is 16.9. The number of aromatic nitrogens is 4. The maximum Gasteiger partial charge on any atom is 0.273 e. The van der Waals surface area contributed by atoms with Crippen molar-refractivity contribution in [1.29, 1.82) is 0 Å². The average Bonchev–Trinajstić information content (AvgIpc) is 3.31. The van der Waals surface area contributed by atoms with Gasteiger partial charge in [-0.1, -0.05) is 23.4 Å². The number of amides is 1. The summed E-state index contributed by atoms with van der Waals surface area (Å²) < 4.78 is 1.69. The molecule has 7 heteroatoms. The Bertz CT molecular complexity index is 923. The van der Waals surface area contributed by atoms with Crippen molar-refractivity contribution in [3.63, 3.8) is 0 Å². The van der Waals surface area contributed by atoms with E-state index in [9.17, 15) is 4.79 Å². The van der Waals surface area contributed by atoms with Crippen molar-refractivity contribution in [3.05, 3.63) is 47.9 Å². The SMILES string of the molecule is Cc1c(C(=O)NCCC2CCNC2)nnn1-c1cccc2cccnc12. The van der Waals surface area contributed by atoms with Gasteiger partial charge < -0.3 is 10.6 Å². The molecule has 26 heavy (non-hydrogen) atoms. The van der Waals surface area contributed by atoms with Crippen molar-refractivity contribution in [3.8, 4) is 5.69 Å². The van der Waals surface area contributed by atoms with Crippen molar-refractivity contribution >= 4 is 16.8 Å². The first-order valence-electron chi connectivity index (χ1n) is 8.99. The summed E-state index contributed by atoms with van der Waals surface area (Å²) in [4.78, 5) is 16.9. The van der Waals surface area contributed by atoms with Gasteiger partial charge in [0.1, 0.15) is 0 Å². The summed E-state index contributed by atoms with van der Waals surface area (Å²) in [5.41, 5.74) is 2.73. The lowest BCUT2D eigenvalue weighted by atomic mass is 10.1. The standard InChI is InChI=1S/C19H22N6O/c1-13-17(19(26)22-11-8-14-7-10-20-12-14)23-24-25(13)16-6-2-4-15-5-3-9-21-18(15)16/h2-6,9,14,20H,7-8,10-12H2,1H3,(H,22,26). The molecular weight excluding hydrogens is 328 g/mol. The molecule has 2 N–H and O–H groups in total. The van der Waals surface area contributed by atoms with Gasteiger partial charge in [-0.3, -0.25) is 9.78 Å². The van der Waals surface area contributed by atoms with Gasteiger partial charge in [-0.2, -0.15) is 0 Å². The van der Waals surface area contributed by atoms with Crippen LogP contribution in [0.4, 0.5) is 0 Å². The van der Waals surface area contributed by atoms with E-state index in [4.69, 9.17) is 0 Å². The maximum atomic E-state index is 12.5. The van der Waals surface area contributed by atoms with Crippen molar-refractivity contribution < 1.29 is 4.79 Å². The number of hydrogen-bond donors (Lipinski definition) is 2. The highest BCUT2D eigenvalue weighted by molar-refractivity contribution is 5.93. The van der Waals surface area contributed by atoms with Crippen LogP contribution in [0.15, 0.2) is 36.5 Å². The highest BCUT2D eigenvalue weighted by atomic mass is 16.2. The van der Waals surface area contributed by atoms with Crippen LogP contribution in [0.25, 0.3) is 16.6 Å². The highest BCUT2D eigenvalue weighted by Crippen LogP contribution is 2.21. The van der Waals surface area contributed by atoms with Gasteiger partial charge in [-0.25, -0.2) is 4.68 Å². The predicted octanol–water partition coefficient (Wildman–Crippen LogP) is 1.85. The average molecular weight is 350 g/mol. The first-order valence-corrected chi connectivity index (χ1v) is 8.99. The Labute approximate surface area is 151 Å². The van der Waals surface area contributed by atoms with Crippen LogP contribution in [0.5, 0.6) is 0 Å². The maximum absolute atomic E-state index is 12.5. The van der Waals surface area contributed by atoms with Crippen LogP contribution in [0.2, 0.25) is 0 Å². The van der Waals surface area contributed by atoms with E-state index in [1.54, 1.807) is 10.9 Å². The van der Waals surface area contributed by atoms with Crippen LogP contribution in [0, 0.1) is 12.8 Å². The number of nitrogens with one attached hydrogen (secondary N) is 2. The summed E-state index contributed by atoms with van der Waals surface area (Å²) in [5.74, 6) is 0.474. The molecule has 4 rings (SSSR count). The monoisotopic (exact) mass is 350 g/mol. The van der Waals surface area contributed by atoms with E-state index in [1.807, 2.05) is 37.3 Å². The molecule has 7 nitrogen and oxygen atoms in total. The van der Waals surface area contributed by atoms with Crippen molar-refractivity contribution in [1.82, 2.24) is 30.6 Å². The highest BCUT2D eigenvalue weighted by Gasteiger charge is 2.19. The van der Waals surface area contributed by atoms with E-state index >= 15 is 0 Å². The number of rotatable bonds is 5. The zero-order chi connectivity index (χ0) is 17.9. The second kappa shape index (κ2) is 7.21. The lowest BCUT2D eigenvalue weighted by molar-refractivity contribution is 0.0946. The third-order valence-electron chi connectivity index (χ3n) is 4.95. The minimum Gasteiger partial charge on any atom is -0.351 e. The van der Waals surface area contributed by atoms with E-state index in [-0.39, 0.29) is 5.91 Å². The summed E-state index contributed by atoms with van der Waals surface area (Å²) in [7, 11) is 0. The Morgan fingerprint density at radius 2 is 2.23 bits per heavy atom. The Morgan fingerprint density at radius 1 is 1.35 bits per heavy atom. The Kier molecular flexibility index (Phi) is 4.62. The Balaban J connectivity index is 1.53. The Hall–Kier alpha value is -2.80. The van der Waals surface area contributed by atoms with Gasteiger partial charge in [0.25, 0.3) is 5.91 Å². The van der Waals surface area contributed by atoms with E-state index in [0.29, 0.717) is 23.9 Å². The lowest BCUT2D eigenvalue weighted by Gasteiger charge is -2.09. The molecule has 1 aromatic carbocycles. The van der Waals surface area contributed by atoms with Crippen LogP contribution in [-0.4, -0.2) is 45.5 Å². The molecule has 1 saturated heterocycles. The number of carbonyl (C=O) groups is 1. The number of fused-ring (bicyclic) bond motifs is 1. The largest absolute Gasteiger partial charge is 0.351 e. The molecule has 134 valence electrons. The van der Waals surface area contributed by atoms with E-state index in [0.717, 1.165) is 36.1 Å². The molecular formula is C19H22N6O. The van der Waals surface area contributed by atoms with Crippen LogP contribution in [0.3, 0.4) is 0 Å². The van der Waals surface area contributed by atoms with E-state index in [2.05, 4.69) is 25.9 Å². The number of hydrogen-bond acceptors (Lipinski definition) is 5. The molecule has 1 unspecified atom stereocenters. The van der Waals surface area contributed by atoms with Crippen molar-refractivity contribution in [2.75, 3.05) is 19.6 Å². The van der Waals surface area contributed by atoms with Gasteiger partial charge in [0.2, 0.25) is 0 Å². The van der Waals surface area contributed by atoms with Crippen LogP contribution < -0.4 is 10.6 Å². The summed E-state index contributed by atoms with van der Waals surface area (Å²) in [6.07, 6.45) is 3.92. The second-order valence-electron chi connectivity index (χ2n) is 6.69. The fraction of sp³-hybridized carbons (Fsp3) is 0.368. The molecule has 3 aromatic rings. The molecule has 1 fully saturated rings. The van der Waals surface area contributed by atoms with Gasteiger partial charge in [-0.05, 0) is 50.9 Å². The third-order valence-corrected chi connectivity index (χ3v) is 4.95. The van der Waals surface area contributed by atoms with Crippen LogP contribution in [0.1, 0.15) is 29.0 Å². The first-order chi connectivity index (χ1) is 12.7. The van der Waals surface area contributed by atoms with Crippen molar-refractivity contribution in [2.24, 2.45) is 5.92 Å². The summed E-state index contributed by atoms with van der Waals surface area (Å²) in [6.45, 7) is 4.63. The topological polar surface area (TPSA) is 84.7 Å². The van der Waals surface area contributed by atoms with Crippen molar-refractivity contribution in [2.45, 2.75) is 19.8 Å². The molecule has 0 spiro atoms. The van der Waals surface area contributed by atoms with Gasteiger partial charge in [0.05, 0.1) is 16.9 Å². The first kappa shape index (κ1) is 16.7. The van der Waals surface area contributed by atoms with Crippen LogP contribution >= 0.6 is 0 Å². The van der Waals surface area contributed by atoms with Gasteiger partial charge in [0.15, 0.2) is 5.69 Å². The predicted molar refractivity (Wildman–Crippen MR) is 99.3 cm³/mol. The molecule has 0 saturated carbocycles. The molecule has 0 aliphatic carbocycles. The van der Waals surface area contributed by atoms with Crippen LogP contribution in [-0.2, 0) is 0 Å². The molecule has 1 atom stereocenters. The fourth-order valence-electron chi connectivity index (χ4n) is 3.46. The van der Waals surface area contributed by atoms with Gasteiger partial charge in [-0.15, -0.1) is 5.10 Å². The second-order valence-corrected chi connectivity index (χ2v) is 6.69. The summed E-state index contributed by atoms with van der Waals surface area (Å²) >= 11 is 0. The summed E-state index contributed by atoms with van der Waals surface area (Å²) in [5, 5.41) is 15.6. The third kappa shape index (κ3) is 3.17. The smallest absolute Gasteiger partial charge is 0.273 e. The number of para-hydroxylation sites is 1. The summed E-state index contributed by atoms with van der Waals surface area (Å²) in [6, 6.07) is 9.80. The van der Waals surface area contributed by atoms with E-state index < -0.39 is 0 Å². The quantitative estimate of drug-likeness (QED) is 0.734. The van der Waals surface area contributed by atoms with E-state index in [1.165, 1.54) is 6.42 Å². The zero-order valence-electron chi connectivity index (χ0n) is 14.8. The molecule has 3 heterocycles. The zero-order valence-corrected chi connectivity index (χ0v) is 14.8. The minimum atomic E-state index is -0.173. The molecule has 0 bridgehead atoms. The number of carbonyl (C=O) groups excluding carboxylic acids is 1. The molecule has 0 radical (unpaired) electrons. The number of benzene rings is 1. The molecule has 2 aromatic heterocycles. The fourth-order valence-corrected chi connectivity index (χ4v) is 3.46. The molecule has 1 amide bonds. The lowest BCUT2D eigenvalue weighted by Crippen LogP contribution is -2.27. The number of nitrogens with zero attached hydrogens (tertiary/aromatic N) is 4. The molecule has 1 aliphatic rings. The van der Waals surface area contributed by atoms with Gasteiger partial charge in [0, 0.05) is 18.1 Å².